The number of nitrogens with zero attached hydrogens (tertiary/aromatic N) is 1. The molecular formula is C17H16N6O2. The van der Waals surface area contributed by atoms with Crippen molar-refractivity contribution in [2.24, 2.45) is 5.73 Å². The first kappa shape index (κ1) is 17.5. The third kappa shape index (κ3) is 3.73. The molecule has 0 spiro atoms. The quantitative estimate of drug-likeness (QED) is 0.243. The van der Waals surface area contributed by atoms with Crippen LogP contribution < -0.4 is 16.8 Å². The number of nitriles is 1. The first-order chi connectivity index (χ1) is 11.8. The highest BCUT2D eigenvalue weighted by Crippen LogP contribution is 2.22. The zero-order valence-corrected chi connectivity index (χ0v) is 13.4. The normalized spacial score (nSPS) is 11.2. The van der Waals surface area contributed by atoms with Gasteiger partial charge in [0.15, 0.2) is 0 Å². The first-order valence-electron chi connectivity index (χ1n) is 7.13. The molecule has 1 amide bonds. The second-order valence-electron chi connectivity index (χ2n) is 5.17. The van der Waals surface area contributed by atoms with Crippen molar-refractivity contribution in [2.45, 2.75) is 6.92 Å². The minimum absolute atomic E-state index is 0.127. The van der Waals surface area contributed by atoms with Crippen molar-refractivity contribution in [1.29, 1.82) is 16.1 Å². The molecule has 8 heteroatoms. The highest BCUT2D eigenvalue weighted by atomic mass is 16.3. The zero-order valence-electron chi connectivity index (χ0n) is 13.4. The Hall–Kier alpha value is -3.86. The molecule has 1 aromatic heterocycles. The van der Waals surface area contributed by atoms with Crippen molar-refractivity contribution in [3.05, 3.63) is 59.2 Å². The van der Waals surface area contributed by atoms with Crippen LogP contribution in [0, 0.1) is 22.1 Å². The van der Waals surface area contributed by atoms with Gasteiger partial charge in [0, 0.05) is 28.2 Å². The molecule has 0 aliphatic carbocycles. The Morgan fingerprint density at radius 1 is 1.32 bits per heavy atom. The first-order valence-corrected chi connectivity index (χ1v) is 7.13. The van der Waals surface area contributed by atoms with Crippen molar-refractivity contribution in [3.8, 4) is 6.07 Å². The number of hydrogen-bond acceptors (Lipinski definition) is 7. The zero-order chi connectivity index (χ0) is 18.6. The van der Waals surface area contributed by atoms with E-state index in [1.165, 1.54) is 25.5 Å². The number of furan rings is 1. The minimum atomic E-state index is -0.683. The van der Waals surface area contributed by atoms with Gasteiger partial charge in [-0.2, -0.15) is 5.26 Å². The maximum atomic E-state index is 12.3. The van der Waals surface area contributed by atoms with Gasteiger partial charge in [0.2, 0.25) is 0 Å². The third-order valence-electron chi connectivity index (χ3n) is 3.38. The van der Waals surface area contributed by atoms with Crippen LogP contribution in [0.3, 0.4) is 0 Å². The molecular weight excluding hydrogens is 320 g/mol. The Labute approximate surface area is 143 Å². The second kappa shape index (κ2) is 7.14. The molecule has 2 rings (SSSR count). The number of carbonyl (C=O) groups excluding carboxylic acids is 1. The summed E-state index contributed by atoms with van der Waals surface area (Å²) in [4.78, 5) is 12.3. The largest absolute Gasteiger partial charge is 0.472 e. The highest BCUT2D eigenvalue weighted by molar-refractivity contribution is 6.24. The fraction of sp³-hybridized carbons (Fsp3) is 0.0588. The summed E-state index contributed by atoms with van der Waals surface area (Å²) in [7, 11) is 0. The number of nitrogens with one attached hydrogen (secondary N) is 3. The Morgan fingerprint density at radius 2 is 2.04 bits per heavy atom. The molecule has 126 valence electrons. The molecule has 0 bridgehead atoms. The van der Waals surface area contributed by atoms with Gasteiger partial charge in [0.25, 0.3) is 5.91 Å². The standard InChI is InChI=1S/C17H16N6O2/c1-9(19)15(14(21)7-18)17(24)23-11-2-3-13(20)12(6-11)16(22)10-4-5-25-8-10/h2-6,8,19,22H,20-21H2,1H3,(H,23,24)/b15-14+,19-9?,22-16?. The fourth-order valence-corrected chi connectivity index (χ4v) is 2.16. The molecule has 0 fully saturated rings. The van der Waals surface area contributed by atoms with Crippen LogP contribution >= 0.6 is 0 Å². The van der Waals surface area contributed by atoms with Gasteiger partial charge >= 0.3 is 0 Å². The Morgan fingerprint density at radius 3 is 2.60 bits per heavy atom. The van der Waals surface area contributed by atoms with Crippen molar-refractivity contribution in [3.63, 3.8) is 0 Å². The predicted molar refractivity (Wildman–Crippen MR) is 94.3 cm³/mol. The topological polar surface area (TPSA) is 166 Å². The van der Waals surface area contributed by atoms with E-state index in [2.05, 4.69) is 5.32 Å². The number of nitrogen functional groups attached to an aromatic ring is 1. The summed E-state index contributed by atoms with van der Waals surface area (Å²) in [5.41, 5.74) is 12.5. The summed E-state index contributed by atoms with van der Waals surface area (Å²) in [6.07, 6.45) is 2.86. The minimum Gasteiger partial charge on any atom is -0.472 e. The van der Waals surface area contributed by atoms with E-state index in [9.17, 15) is 4.79 Å². The fourth-order valence-electron chi connectivity index (χ4n) is 2.16. The van der Waals surface area contributed by atoms with E-state index in [1.54, 1.807) is 24.3 Å². The van der Waals surface area contributed by atoms with Crippen LogP contribution in [0.4, 0.5) is 11.4 Å². The van der Waals surface area contributed by atoms with Crippen LogP contribution in [-0.2, 0) is 4.79 Å². The van der Waals surface area contributed by atoms with Gasteiger partial charge in [-0.25, -0.2) is 0 Å². The number of benzene rings is 1. The number of carbonyl (C=O) groups is 1. The number of nitrogens with two attached hydrogens (primary N) is 2. The highest BCUT2D eigenvalue weighted by Gasteiger charge is 2.17. The molecule has 0 radical (unpaired) electrons. The third-order valence-corrected chi connectivity index (χ3v) is 3.38. The second-order valence-corrected chi connectivity index (χ2v) is 5.17. The van der Waals surface area contributed by atoms with Crippen molar-refractivity contribution in [1.82, 2.24) is 0 Å². The lowest BCUT2D eigenvalue weighted by Gasteiger charge is -2.12. The van der Waals surface area contributed by atoms with Crippen LogP contribution in [0.1, 0.15) is 18.1 Å². The van der Waals surface area contributed by atoms with Gasteiger partial charge in [0.1, 0.15) is 11.8 Å². The van der Waals surface area contributed by atoms with Gasteiger partial charge in [-0.05, 0) is 31.2 Å². The molecule has 25 heavy (non-hydrogen) atoms. The summed E-state index contributed by atoms with van der Waals surface area (Å²) in [5, 5.41) is 27.2. The molecule has 0 saturated carbocycles. The monoisotopic (exact) mass is 336 g/mol. The molecule has 1 aromatic carbocycles. The Balaban J connectivity index is 2.35. The number of amides is 1. The van der Waals surface area contributed by atoms with E-state index in [1.807, 2.05) is 0 Å². The van der Waals surface area contributed by atoms with Crippen molar-refractivity contribution in [2.75, 3.05) is 11.1 Å². The van der Waals surface area contributed by atoms with Crippen LogP contribution in [-0.4, -0.2) is 17.3 Å². The summed E-state index contributed by atoms with van der Waals surface area (Å²) in [6, 6.07) is 7.92. The predicted octanol–water partition coefficient (Wildman–Crippen LogP) is 1.99. The van der Waals surface area contributed by atoms with Crippen molar-refractivity contribution >= 4 is 28.7 Å². The van der Waals surface area contributed by atoms with Crippen LogP contribution in [0.25, 0.3) is 0 Å². The van der Waals surface area contributed by atoms with Gasteiger partial charge in [0.05, 0.1) is 23.8 Å². The number of anilines is 2. The lowest BCUT2D eigenvalue weighted by atomic mass is 10.0. The van der Waals surface area contributed by atoms with E-state index in [4.69, 9.17) is 32.0 Å². The lowest BCUT2D eigenvalue weighted by molar-refractivity contribution is -0.112. The molecule has 2 aromatic rings. The summed E-state index contributed by atoms with van der Waals surface area (Å²) in [6.45, 7) is 1.36. The van der Waals surface area contributed by atoms with E-state index >= 15 is 0 Å². The molecule has 0 atom stereocenters. The van der Waals surface area contributed by atoms with Crippen LogP contribution in [0.15, 0.2) is 52.5 Å². The van der Waals surface area contributed by atoms with Crippen LogP contribution in [0.2, 0.25) is 0 Å². The molecule has 0 aliphatic heterocycles. The lowest BCUT2D eigenvalue weighted by Crippen LogP contribution is -2.23. The number of hydrogen-bond donors (Lipinski definition) is 5. The van der Waals surface area contributed by atoms with E-state index in [0.29, 0.717) is 22.5 Å². The van der Waals surface area contributed by atoms with E-state index < -0.39 is 5.91 Å². The molecule has 0 saturated heterocycles. The average molecular weight is 336 g/mol. The van der Waals surface area contributed by atoms with Gasteiger partial charge in [-0.1, -0.05) is 0 Å². The summed E-state index contributed by atoms with van der Waals surface area (Å²) < 4.78 is 4.96. The summed E-state index contributed by atoms with van der Waals surface area (Å²) >= 11 is 0. The molecule has 1 heterocycles. The van der Waals surface area contributed by atoms with E-state index in [-0.39, 0.29) is 22.7 Å². The van der Waals surface area contributed by atoms with Crippen molar-refractivity contribution < 1.29 is 9.21 Å². The van der Waals surface area contributed by atoms with Crippen LogP contribution in [0.5, 0.6) is 0 Å². The SMILES string of the molecule is CC(=N)/C(C(=O)Nc1ccc(N)c(C(=N)c2ccoc2)c1)=C(\N)C#N. The number of allylic oxidation sites excluding steroid dienone is 1. The van der Waals surface area contributed by atoms with Gasteiger partial charge in [-0.15, -0.1) is 0 Å². The maximum absolute atomic E-state index is 12.3. The van der Waals surface area contributed by atoms with Gasteiger partial charge < -0.3 is 26.6 Å². The summed E-state index contributed by atoms with van der Waals surface area (Å²) in [5.74, 6) is -0.683. The molecule has 0 unspecified atom stereocenters. The molecule has 0 aliphatic rings. The number of rotatable bonds is 5. The molecule has 7 N–H and O–H groups in total. The Bertz CT molecular complexity index is 919. The average Bonchev–Trinajstić information content (AvgIpc) is 3.10. The molecule has 8 nitrogen and oxygen atoms in total. The smallest absolute Gasteiger partial charge is 0.260 e. The Kier molecular flexibility index (Phi) is 5.00. The maximum Gasteiger partial charge on any atom is 0.260 e. The van der Waals surface area contributed by atoms with E-state index in [0.717, 1.165) is 0 Å². The van der Waals surface area contributed by atoms with Gasteiger partial charge in [-0.3, -0.25) is 10.2 Å².